The molecule has 0 heterocycles. The summed E-state index contributed by atoms with van der Waals surface area (Å²) in [6.07, 6.45) is 1.87. The molecule has 3 nitrogen and oxygen atoms in total. The summed E-state index contributed by atoms with van der Waals surface area (Å²) in [5.74, 6) is 0. The quantitative estimate of drug-likeness (QED) is 0.798. The SMILES string of the molecule is CCCCN(CC)S(=O)(=O)c1ccc(C)cc1Br. The van der Waals surface area contributed by atoms with Crippen molar-refractivity contribution in [3.8, 4) is 0 Å². The molecule has 0 saturated carbocycles. The van der Waals surface area contributed by atoms with Crippen LogP contribution in [0.15, 0.2) is 27.6 Å². The minimum Gasteiger partial charge on any atom is -0.207 e. The number of nitrogens with zero attached hydrogens (tertiary/aromatic N) is 1. The summed E-state index contributed by atoms with van der Waals surface area (Å²) in [7, 11) is -3.38. The van der Waals surface area contributed by atoms with Crippen molar-refractivity contribution < 1.29 is 8.42 Å². The molecule has 0 radical (unpaired) electrons. The second kappa shape index (κ2) is 6.68. The van der Waals surface area contributed by atoms with Gasteiger partial charge in [-0.1, -0.05) is 26.3 Å². The van der Waals surface area contributed by atoms with E-state index in [0.29, 0.717) is 22.5 Å². The molecule has 0 aliphatic rings. The zero-order valence-electron chi connectivity index (χ0n) is 11.1. The fourth-order valence-electron chi connectivity index (χ4n) is 1.74. The molecule has 0 saturated heterocycles. The molecule has 0 amide bonds. The molecule has 0 unspecified atom stereocenters. The van der Waals surface area contributed by atoms with Crippen molar-refractivity contribution in [2.24, 2.45) is 0 Å². The maximum absolute atomic E-state index is 12.5. The molecule has 0 N–H and O–H groups in total. The van der Waals surface area contributed by atoms with E-state index < -0.39 is 10.0 Å². The van der Waals surface area contributed by atoms with Gasteiger partial charge in [0.1, 0.15) is 0 Å². The molecule has 0 atom stereocenters. The van der Waals surface area contributed by atoms with Gasteiger partial charge in [0.2, 0.25) is 10.0 Å². The molecule has 0 fully saturated rings. The number of unbranched alkanes of at least 4 members (excludes halogenated alkanes) is 1. The Kier molecular flexibility index (Phi) is 5.82. The van der Waals surface area contributed by atoms with E-state index in [4.69, 9.17) is 0 Å². The predicted molar refractivity (Wildman–Crippen MR) is 78.2 cm³/mol. The van der Waals surface area contributed by atoms with Gasteiger partial charge in [0, 0.05) is 17.6 Å². The van der Waals surface area contributed by atoms with E-state index in [1.165, 1.54) is 4.31 Å². The third-order valence-electron chi connectivity index (χ3n) is 2.82. The number of aryl methyl sites for hydroxylation is 1. The number of sulfonamides is 1. The molecule has 0 spiro atoms. The molecule has 1 aromatic rings. The van der Waals surface area contributed by atoms with Crippen LogP contribution in [0.3, 0.4) is 0 Å². The summed E-state index contributed by atoms with van der Waals surface area (Å²) in [6, 6.07) is 5.33. The molecule has 5 heteroatoms. The van der Waals surface area contributed by atoms with E-state index in [1.807, 2.05) is 26.0 Å². The molecule has 0 aromatic heterocycles. The summed E-state index contributed by atoms with van der Waals surface area (Å²) in [5, 5.41) is 0. The number of hydrogen-bond acceptors (Lipinski definition) is 2. The number of halogens is 1. The van der Waals surface area contributed by atoms with E-state index in [0.717, 1.165) is 18.4 Å². The van der Waals surface area contributed by atoms with E-state index in [-0.39, 0.29) is 0 Å². The zero-order chi connectivity index (χ0) is 13.8. The van der Waals surface area contributed by atoms with E-state index in [1.54, 1.807) is 6.07 Å². The van der Waals surface area contributed by atoms with Crippen molar-refractivity contribution in [2.75, 3.05) is 13.1 Å². The maximum atomic E-state index is 12.5. The van der Waals surface area contributed by atoms with Gasteiger partial charge in [-0.25, -0.2) is 8.42 Å². The van der Waals surface area contributed by atoms with E-state index in [2.05, 4.69) is 22.9 Å². The molecule has 0 bridgehead atoms. The molecule has 1 aromatic carbocycles. The summed E-state index contributed by atoms with van der Waals surface area (Å²) in [6.45, 7) is 6.95. The van der Waals surface area contributed by atoms with Crippen LogP contribution in [-0.2, 0) is 10.0 Å². The average molecular weight is 334 g/mol. The van der Waals surface area contributed by atoms with Crippen molar-refractivity contribution >= 4 is 26.0 Å². The first-order chi connectivity index (χ1) is 8.43. The predicted octanol–water partition coefficient (Wildman–Crippen LogP) is 3.57. The van der Waals surface area contributed by atoms with Crippen molar-refractivity contribution in [2.45, 2.75) is 38.5 Å². The lowest BCUT2D eigenvalue weighted by Crippen LogP contribution is -2.32. The second-order valence-electron chi connectivity index (χ2n) is 4.28. The van der Waals surface area contributed by atoms with Gasteiger partial charge in [0.25, 0.3) is 0 Å². The van der Waals surface area contributed by atoms with Gasteiger partial charge in [-0.15, -0.1) is 0 Å². The second-order valence-corrected chi connectivity index (χ2v) is 7.04. The fourth-order valence-corrected chi connectivity index (χ4v) is 4.38. The van der Waals surface area contributed by atoms with Gasteiger partial charge in [-0.3, -0.25) is 0 Å². The van der Waals surface area contributed by atoms with Crippen molar-refractivity contribution in [1.82, 2.24) is 4.31 Å². The lowest BCUT2D eigenvalue weighted by atomic mass is 10.2. The first-order valence-electron chi connectivity index (χ1n) is 6.19. The van der Waals surface area contributed by atoms with E-state index >= 15 is 0 Å². The summed E-state index contributed by atoms with van der Waals surface area (Å²) < 4.78 is 27.2. The Morgan fingerprint density at radius 2 is 1.94 bits per heavy atom. The largest absolute Gasteiger partial charge is 0.244 e. The highest BCUT2D eigenvalue weighted by molar-refractivity contribution is 9.10. The first kappa shape index (κ1) is 15.7. The van der Waals surface area contributed by atoms with Gasteiger partial charge in [0.05, 0.1) is 4.90 Å². The van der Waals surface area contributed by atoms with Crippen LogP contribution in [-0.4, -0.2) is 25.8 Å². The van der Waals surface area contributed by atoms with Gasteiger partial charge in [-0.2, -0.15) is 4.31 Å². The van der Waals surface area contributed by atoms with Crippen LogP contribution in [0.2, 0.25) is 0 Å². The lowest BCUT2D eigenvalue weighted by Gasteiger charge is -2.21. The van der Waals surface area contributed by atoms with Crippen LogP contribution >= 0.6 is 15.9 Å². The highest BCUT2D eigenvalue weighted by Gasteiger charge is 2.24. The van der Waals surface area contributed by atoms with Gasteiger partial charge in [0.15, 0.2) is 0 Å². The lowest BCUT2D eigenvalue weighted by molar-refractivity contribution is 0.418. The van der Waals surface area contributed by atoms with E-state index in [9.17, 15) is 8.42 Å². The third kappa shape index (κ3) is 3.56. The Balaban J connectivity index is 3.10. The highest BCUT2D eigenvalue weighted by atomic mass is 79.9. The normalized spacial score (nSPS) is 12.1. The molecule has 102 valence electrons. The minimum absolute atomic E-state index is 0.353. The molecule has 0 aliphatic carbocycles. The van der Waals surface area contributed by atoms with Crippen molar-refractivity contribution in [1.29, 1.82) is 0 Å². The highest BCUT2D eigenvalue weighted by Crippen LogP contribution is 2.26. The number of hydrogen-bond donors (Lipinski definition) is 0. The topological polar surface area (TPSA) is 37.4 Å². The molecule has 18 heavy (non-hydrogen) atoms. The van der Waals surface area contributed by atoms with Crippen LogP contribution in [0, 0.1) is 6.92 Å². The Morgan fingerprint density at radius 1 is 1.28 bits per heavy atom. The fraction of sp³-hybridized carbons (Fsp3) is 0.538. The zero-order valence-corrected chi connectivity index (χ0v) is 13.5. The molecular weight excluding hydrogens is 314 g/mol. The summed E-state index contributed by atoms with van der Waals surface area (Å²) in [5.41, 5.74) is 1.04. The minimum atomic E-state index is -3.38. The Morgan fingerprint density at radius 3 is 2.44 bits per heavy atom. The van der Waals surface area contributed by atoms with Gasteiger partial charge in [-0.05, 0) is 47.0 Å². The van der Waals surface area contributed by atoms with Crippen molar-refractivity contribution in [3.05, 3.63) is 28.2 Å². The number of benzene rings is 1. The Bertz CT molecular complexity index is 500. The molecular formula is C13H20BrNO2S. The molecule has 0 aliphatic heterocycles. The van der Waals surface area contributed by atoms with Crippen LogP contribution in [0.25, 0.3) is 0 Å². The van der Waals surface area contributed by atoms with Gasteiger partial charge < -0.3 is 0 Å². The van der Waals surface area contributed by atoms with Crippen LogP contribution in [0.4, 0.5) is 0 Å². The third-order valence-corrected chi connectivity index (χ3v) is 5.77. The maximum Gasteiger partial charge on any atom is 0.244 e. The average Bonchev–Trinajstić information content (AvgIpc) is 2.29. The monoisotopic (exact) mass is 333 g/mol. The Hall–Kier alpha value is -0.390. The smallest absolute Gasteiger partial charge is 0.207 e. The van der Waals surface area contributed by atoms with Gasteiger partial charge >= 0.3 is 0 Å². The first-order valence-corrected chi connectivity index (χ1v) is 8.43. The van der Waals surface area contributed by atoms with Crippen LogP contribution in [0.1, 0.15) is 32.3 Å². The standard InChI is InChI=1S/C13H20BrNO2S/c1-4-6-9-15(5-2)18(16,17)13-8-7-11(3)10-12(13)14/h7-8,10H,4-6,9H2,1-3H3. The summed E-state index contributed by atoms with van der Waals surface area (Å²) >= 11 is 3.34. The molecule has 1 rings (SSSR count). The van der Waals surface area contributed by atoms with Crippen LogP contribution < -0.4 is 0 Å². The van der Waals surface area contributed by atoms with Crippen molar-refractivity contribution in [3.63, 3.8) is 0 Å². The Labute approximate surface area is 118 Å². The van der Waals surface area contributed by atoms with Crippen LogP contribution in [0.5, 0.6) is 0 Å². The summed E-state index contributed by atoms with van der Waals surface area (Å²) in [4.78, 5) is 0.353. The number of rotatable bonds is 6.